The lowest BCUT2D eigenvalue weighted by Crippen LogP contribution is -2.67. The van der Waals surface area contributed by atoms with E-state index in [0.717, 1.165) is 10.5 Å². The standard InChI is InChI=1S/C37H41N3O11/c1-37(2,3)51-36(46)38-29(34(44)50-23-24-11-15-27(47-4)16-12-24)19-20-49-28-17-13-26(14-18-28)40(31(42)22-41)30-21-39(33(30)43)32(35(45)48-5)25-9-7-6-8-10-25/h6-18,22,29-30,32H,19-21,23H2,1-5H3,(H,38,46). The monoisotopic (exact) mass is 703 g/mol. The Labute approximate surface area is 295 Å². The number of alkyl carbamates (subject to hydrolysis) is 1. The number of anilines is 1. The van der Waals surface area contributed by atoms with Gasteiger partial charge in [0.05, 0.1) is 27.4 Å². The summed E-state index contributed by atoms with van der Waals surface area (Å²) in [6, 6.07) is 18.5. The molecule has 3 amide bonds. The van der Waals surface area contributed by atoms with Crippen molar-refractivity contribution >= 4 is 41.8 Å². The summed E-state index contributed by atoms with van der Waals surface area (Å²) in [6.07, 6.45) is -0.669. The van der Waals surface area contributed by atoms with E-state index < -0.39 is 53.6 Å². The minimum Gasteiger partial charge on any atom is -0.497 e. The molecule has 1 heterocycles. The first kappa shape index (κ1) is 37.9. The number of hydrogen-bond donors (Lipinski definition) is 1. The Kier molecular flexibility index (Phi) is 12.7. The highest BCUT2D eigenvalue weighted by molar-refractivity contribution is 6.32. The Morgan fingerprint density at radius 2 is 1.57 bits per heavy atom. The molecule has 3 aromatic carbocycles. The molecule has 1 fully saturated rings. The third-order valence-corrected chi connectivity index (χ3v) is 7.74. The molecule has 14 nitrogen and oxygen atoms in total. The predicted octanol–water partition coefficient (Wildman–Crippen LogP) is 3.76. The van der Waals surface area contributed by atoms with Crippen LogP contribution in [0.3, 0.4) is 0 Å². The van der Waals surface area contributed by atoms with Gasteiger partial charge in [0.1, 0.15) is 35.8 Å². The topological polar surface area (TPSA) is 167 Å². The van der Waals surface area contributed by atoms with Crippen molar-refractivity contribution < 1.29 is 52.5 Å². The second-order valence-electron chi connectivity index (χ2n) is 12.5. The molecule has 0 aromatic heterocycles. The summed E-state index contributed by atoms with van der Waals surface area (Å²) < 4.78 is 26.7. The highest BCUT2D eigenvalue weighted by atomic mass is 16.6. The lowest BCUT2D eigenvalue weighted by atomic mass is 9.96. The summed E-state index contributed by atoms with van der Waals surface area (Å²) in [5, 5.41) is 2.54. The highest BCUT2D eigenvalue weighted by Gasteiger charge is 2.49. The van der Waals surface area contributed by atoms with Crippen LogP contribution in [0.2, 0.25) is 0 Å². The number of nitrogens with zero attached hydrogens (tertiary/aromatic N) is 2. The summed E-state index contributed by atoms with van der Waals surface area (Å²) in [4.78, 5) is 78.2. The minimum absolute atomic E-state index is 0.0212. The van der Waals surface area contributed by atoms with E-state index >= 15 is 0 Å². The molecular formula is C37H41N3O11. The summed E-state index contributed by atoms with van der Waals surface area (Å²) in [5.41, 5.74) is 0.708. The van der Waals surface area contributed by atoms with Gasteiger partial charge in [-0.3, -0.25) is 19.3 Å². The van der Waals surface area contributed by atoms with Gasteiger partial charge in [-0.2, -0.15) is 0 Å². The quantitative estimate of drug-likeness (QED) is 0.0805. The van der Waals surface area contributed by atoms with Gasteiger partial charge in [0.2, 0.25) is 12.2 Å². The van der Waals surface area contributed by atoms with Crippen LogP contribution in [0.15, 0.2) is 78.9 Å². The molecule has 1 saturated heterocycles. The van der Waals surface area contributed by atoms with Crippen LogP contribution in [0.5, 0.6) is 11.5 Å². The number of methoxy groups -OCH3 is 2. The van der Waals surface area contributed by atoms with Gasteiger partial charge in [-0.15, -0.1) is 0 Å². The number of rotatable bonds is 15. The van der Waals surface area contributed by atoms with Gasteiger partial charge in [0.15, 0.2) is 6.04 Å². The molecule has 0 bridgehead atoms. The first-order valence-electron chi connectivity index (χ1n) is 16.1. The van der Waals surface area contributed by atoms with Crippen LogP contribution >= 0.6 is 0 Å². The number of nitrogens with one attached hydrogen (secondary N) is 1. The van der Waals surface area contributed by atoms with Crippen molar-refractivity contribution in [2.24, 2.45) is 0 Å². The van der Waals surface area contributed by atoms with Crippen molar-refractivity contribution in [1.82, 2.24) is 10.2 Å². The summed E-state index contributed by atoms with van der Waals surface area (Å²) in [6.45, 7) is 5.00. The molecule has 1 aliphatic rings. The number of carbonyl (C=O) groups is 6. The van der Waals surface area contributed by atoms with Crippen molar-refractivity contribution in [2.75, 3.05) is 32.3 Å². The molecule has 270 valence electrons. The smallest absolute Gasteiger partial charge is 0.408 e. The second kappa shape index (κ2) is 17.1. The molecule has 3 atom stereocenters. The van der Waals surface area contributed by atoms with Crippen molar-refractivity contribution in [3.63, 3.8) is 0 Å². The van der Waals surface area contributed by atoms with E-state index in [-0.39, 0.29) is 38.2 Å². The number of hydrogen-bond acceptors (Lipinski definition) is 11. The number of esters is 2. The van der Waals surface area contributed by atoms with E-state index in [2.05, 4.69) is 5.32 Å². The van der Waals surface area contributed by atoms with Crippen molar-refractivity contribution in [1.29, 1.82) is 0 Å². The predicted molar refractivity (Wildman–Crippen MR) is 183 cm³/mol. The van der Waals surface area contributed by atoms with Crippen molar-refractivity contribution in [2.45, 2.75) is 57.5 Å². The zero-order valence-corrected chi connectivity index (χ0v) is 29.0. The fourth-order valence-corrected chi connectivity index (χ4v) is 5.24. The lowest BCUT2D eigenvalue weighted by Gasteiger charge is -2.46. The van der Waals surface area contributed by atoms with Gasteiger partial charge < -0.3 is 33.9 Å². The average Bonchev–Trinajstić information content (AvgIpc) is 3.12. The van der Waals surface area contributed by atoms with Gasteiger partial charge >= 0.3 is 18.0 Å². The number of ether oxygens (including phenoxy) is 5. The van der Waals surface area contributed by atoms with Crippen LogP contribution < -0.4 is 19.7 Å². The van der Waals surface area contributed by atoms with E-state index in [0.29, 0.717) is 17.1 Å². The number of carbonyl (C=O) groups excluding carboxylic acids is 6. The SMILES string of the molecule is COC(=O)C(c1ccccc1)N1CC(N(C(=O)C=O)c2ccc(OCCC(NC(=O)OC(C)(C)C)C(=O)OCc3ccc(OC)cc3)cc2)C1=O. The average molecular weight is 704 g/mol. The van der Waals surface area contributed by atoms with Gasteiger partial charge in [0.25, 0.3) is 5.91 Å². The van der Waals surface area contributed by atoms with Gasteiger partial charge in [-0.1, -0.05) is 42.5 Å². The Bertz CT molecular complexity index is 1690. The lowest BCUT2D eigenvalue weighted by molar-refractivity contribution is -0.161. The van der Waals surface area contributed by atoms with Gasteiger partial charge in [0, 0.05) is 12.1 Å². The molecule has 1 aliphatic heterocycles. The number of aldehydes is 1. The Hall–Kier alpha value is -5.92. The number of amides is 3. The first-order valence-corrected chi connectivity index (χ1v) is 16.1. The molecular weight excluding hydrogens is 662 g/mol. The number of likely N-dealkylation sites (tertiary alicyclic amines) is 1. The van der Waals surface area contributed by atoms with Gasteiger partial charge in [-0.25, -0.2) is 14.4 Å². The van der Waals surface area contributed by atoms with Crippen LogP contribution in [0.4, 0.5) is 10.5 Å². The fourth-order valence-electron chi connectivity index (χ4n) is 5.24. The minimum atomic E-state index is -1.10. The zero-order chi connectivity index (χ0) is 37.1. The molecule has 3 unspecified atom stereocenters. The summed E-state index contributed by atoms with van der Waals surface area (Å²) >= 11 is 0. The van der Waals surface area contributed by atoms with Crippen molar-refractivity contribution in [3.05, 3.63) is 90.0 Å². The molecule has 0 radical (unpaired) electrons. The zero-order valence-electron chi connectivity index (χ0n) is 29.0. The molecule has 14 heteroatoms. The Morgan fingerprint density at radius 3 is 2.14 bits per heavy atom. The third-order valence-electron chi connectivity index (χ3n) is 7.74. The fraction of sp³-hybridized carbons (Fsp3) is 0.351. The second-order valence-corrected chi connectivity index (χ2v) is 12.5. The third kappa shape index (κ3) is 10.1. The largest absolute Gasteiger partial charge is 0.497 e. The van der Waals surface area contributed by atoms with Crippen LogP contribution in [-0.2, 0) is 44.8 Å². The van der Waals surface area contributed by atoms with E-state index in [4.69, 9.17) is 23.7 Å². The van der Waals surface area contributed by atoms with E-state index in [1.54, 1.807) is 82.5 Å². The molecule has 1 N–H and O–H groups in total. The van der Waals surface area contributed by atoms with E-state index in [9.17, 15) is 28.8 Å². The van der Waals surface area contributed by atoms with E-state index in [1.165, 1.54) is 36.3 Å². The van der Waals surface area contributed by atoms with Gasteiger partial charge in [-0.05, 0) is 68.3 Å². The maximum atomic E-state index is 13.4. The van der Waals surface area contributed by atoms with E-state index in [1.807, 2.05) is 0 Å². The van der Waals surface area contributed by atoms with Crippen LogP contribution in [-0.4, -0.2) is 86.1 Å². The highest BCUT2D eigenvalue weighted by Crippen LogP contribution is 2.33. The molecule has 4 rings (SSSR count). The normalized spacial score (nSPS) is 15.0. The Balaban J connectivity index is 1.40. The molecule has 0 aliphatic carbocycles. The number of benzene rings is 3. The first-order chi connectivity index (χ1) is 24.3. The maximum absolute atomic E-state index is 13.4. The molecule has 0 saturated carbocycles. The van der Waals surface area contributed by atoms with Crippen molar-refractivity contribution in [3.8, 4) is 11.5 Å². The summed E-state index contributed by atoms with van der Waals surface area (Å²) in [7, 11) is 2.77. The Morgan fingerprint density at radius 1 is 0.922 bits per heavy atom. The molecule has 51 heavy (non-hydrogen) atoms. The molecule has 0 spiro atoms. The van der Waals surface area contributed by atoms with Crippen LogP contribution in [0, 0.1) is 0 Å². The molecule has 3 aromatic rings. The summed E-state index contributed by atoms with van der Waals surface area (Å²) in [5.74, 6) is -1.82. The number of β-lactam (4-membered cyclic amide) rings is 1. The maximum Gasteiger partial charge on any atom is 0.408 e. The van der Waals surface area contributed by atoms with Crippen LogP contribution in [0.1, 0.15) is 44.4 Å². The van der Waals surface area contributed by atoms with Crippen LogP contribution in [0.25, 0.3) is 0 Å².